The molecule has 0 heterocycles. The van der Waals surface area contributed by atoms with Gasteiger partial charge in [-0.25, -0.2) is 0 Å². The van der Waals surface area contributed by atoms with Crippen LogP contribution in [0.2, 0.25) is 0 Å². The lowest BCUT2D eigenvalue weighted by Gasteiger charge is -2.28. The number of hydrogen-bond donors (Lipinski definition) is 1. The lowest BCUT2D eigenvalue weighted by Crippen LogP contribution is -2.42. The Morgan fingerprint density at radius 1 is 1.29 bits per heavy atom. The molecule has 4 nitrogen and oxygen atoms in total. The first-order valence-electron chi connectivity index (χ1n) is 6.31. The molecule has 0 fully saturated rings. The van der Waals surface area contributed by atoms with Crippen molar-refractivity contribution in [1.29, 1.82) is 0 Å². The molecule has 0 saturated carbocycles. The fourth-order valence-corrected chi connectivity index (χ4v) is 2.01. The van der Waals surface area contributed by atoms with Crippen LogP contribution in [0.5, 0.6) is 0 Å². The smallest absolute Gasteiger partial charge is 0.323 e. The normalized spacial score (nSPS) is 14.4. The standard InChI is InChI=1S/C13H24O4/c1-5-7-8-13(11(14)15,9-10(3)4)12(16)17-6-2/h10H,5-9H2,1-4H3,(H,14,15). The third-order valence-electron chi connectivity index (χ3n) is 2.79. The van der Waals surface area contributed by atoms with Crippen LogP contribution >= 0.6 is 0 Å². The van der Waals surface area contributed by atoms with Crippen molar-refractivity contribution in [2.45, 2.75) is 53.4 Å². The predicted octanol–water partition coefficient (Wildman–Crippen LogP) is 2.86. The highest BCUT2D eigenvalue weighted by molar-refractivity contribution is 5.99. The molecule has 1 unspecified atom stereocenters. The molecule has 0 aromatic carbocycles. The van der Waals surface area contributed by atoms with Crippen LogP contribution in [0, 0.1) is 11.3 Å². The Balaban J connectivity index is 5.08. The van der Waals surface area contributed by atoms with Crippen LogP contribution in [0.4, 0.5) is 0 Å². The lowest BCUT2D eigenvalue weighted by atomic mass is 9.76. The van der Waals surface area contributed by atoms with Gasteiger partial charge >= 0.3 is 11.9 Å². The minimum atomic E-state index is -1.36. The molecule has 0 radical (unpaired) electrons. The monoisotopic (exact) mass is 244 g/mol. The van der Waals surface area contributed by atoms with E-state index in [1.54, 1.807) is 6.92 Å². The largest absolute Gasteiger partial charge is 0.480 e. The molecular formula is C13H24O4. The number of ether oxygens (including phenoxy) is 1. The average molecular weight is 244 g/mol. The summed E-state index contributed by atoms with van der Waals surface area (Å²) < 4.78 is 4.95. The number of carbonyl (C=O) groups is 2. The Morgan fingerprint density at radius 2 is 1.88 bits per heavy atom. The quantitative estimate of drug-likeness (QED) is 0.526. The zero-order valence-corrected chi connectivity index (χ0v) is 11.3. The van der Waals surface area contributed by atoms with Crippen molar-refractivity contribution < 1.29 is 19.4 Å². The lowest BCUT2D eigenvalue weighted by molar-refractivity contribution is -0.170. The van der Waals surface area contributed by atoms with E-state index in [0.717, 1.165) is 12.8 Å². The minimum Gasteiger partial charge on any atom is -0.480 e. The highest BCUT2D eigenvalue weighted by Crippen LogP contribution is 2.34. The summed E-state index contributed by atoms with van der Waals surface area (Å²) in [5.74, 6) is -1.50. The Kier molecular flexibility index (Phi) is 6.85. The van der Waals surface area contributed by atoms with Gasteiger partial charge in [-0.05, 0) is 25.7 Å². The third kappa shape index (κ3) is 4.36. The number of hydrogen-bond acceptors (Lipinski definition) is 3. The van der Waals surface area contributed by atoms with E-state index in [-0.39, 0.29) is 12.5 Å². The molecule has 0 bridgehead atoms. The molecule has 100 valence electrons. The zero-order valence-electron chi connectivity index (χ0n) is 11.3. The molecule has 0 aromatic heterocycles. The van der Waals surface area contributed by atoms with Crippen LogP contribution in [-0.2, 0) is 14.3 Å². The summed E-state index contributed by atoms with van der Waals surface area (Å²) in [5.41, 5.74) is -1.36. The summed E-state index contributed by atoms with van der Waals surface area (Å²) in [5, 5.41) is 9.40. The van der Waals surface area contributed by atoms with Gasteiger partial charge in [0.2, 0.25) is 0 Å². The second-order valence-corrected chi connectivity index (χ2v) is 4.81. The van der Waals surface area contributed by atoms with Crippen LogP contribution in [-0.4, -0.2) is 23.7 Å². The van der Waals surface area contributed by atoms with Crippen molar-refractivity contribution in [3.63, 3.8) is 0 Å². The Bertz CT molecular complexity index is 260. The maximum absolute atomic E-state index is 11.9. The van der Waals surface area contributed by atoms with E-state index >= 15 is 0 Å². The summed E-state index contributed by atoms with van der Waals surface area (Å²) in [4.78, 5) is 23.4. The molecule has 4 heteroatoms. The number of carboxylic acid groups (broad SMARTS) is 1. The van der Waals surface area contributed by atoms with Crippen LogP contribution in [0.25, 0.3) is 0 Å². The number of carboxylic acids is 1. The molecule has 1 atom stereocenters. The molecule has 0 aromatic rings. The molecule has 0 aliphatic heterocycles. The van der Waals surface area contributed by atoms with Crippen molar-refractivity contribution >= 4 is 11.9 Å². The van der Waals surface area contributed by atoms with Gasteiger partial charge in [-0.15, -0.1) is 0 Å². The average Bonchev–Trinajstić information content (AvgIpc) is 2.23. The highest BCUT2D eigenvalue weighted by atomic mass is 16.5. The first kappa shape index (κ1) is 15.9. The molecule has 0 spiro atoms. The number of unbranched alkanes of at least 4 members (excludes halogenated alkanes) is 1. The van der Waals surface area contributed by atoms with E-state index in [9.17, 15) is 14.7 Å². The van der Waals surface area contributed by atoms with Crippen LogP contribution in [0.3, 0.4) is 0 Å². The number of aliphatic carboxylic acids is 1. The number of carbonyl (C=O) groups excluding carboxylic acids is 1. The summed E-state index contributed by atoms with van der Waals surface area (Å²) in [7, 11) is 0. The molecule has 0 aliphatic rings. The Hall–Kier alpha value is -1.06. The van der Waals surface area contributed by atoms with Crippen LogP contribution in [0.1, 0.15) is 53.4 Å². The highest BCUT2D eigenvalue weighted by Gasteiger charge is 2.47. The van der Waals surface area contributed by atoms with Gasteiger partial charge in [-0.2, -0.15) is 0 Å². The molecular weight excluding hydrogens is 220 g/mol. The number of esters is 1. The van der Waals surface area contributed by atoms with E-state index < -0.39 is 17.4 Å². The van der Waals surface area contributed by atoms with Gasteiger partial charge in [0, 0.05) is 0 Å². The Labute approximate surface area is 103 Å². The zero-order chi connectivity index (χ0) is 13.5. The molecule has 0 aliphatic carbocycles. The topological polar surface area (TPSA) is 63.6 Å². The van der Waals surface area contributed by atoms with Crippen molar-refractivity contribution in [2.75, 3.05) is 6.61 Å². The van der Waals surface area contributed by atoms with E-state index in [4.69, 9.17) is 4.74 Å². The number of rotatable bonds is 8. The summed E-state index contributed by atoms with van der Waals surface area (Å²) >= 11 is 0. The Morgan fingerprint density at radius 3 is 2.24 bits per heavy atom. The van der Waals surface area contributed by atoms with E-state index in [0.29, 0.717) is 12.8 Å². The second-order valence-electron chi connectivity index (χ2n) is 4.81. The summed E-state index contributed by atoms with van der Waals surface area (Å²) in [6, 6.07) is 0. The SMILES string of the molecule is CCCCC(CC(C)C)(C(=O)O)C(=O)OCC. The van der Waals surface area contributed by atoms with Gasteiger partial charge in [0.1, 0.15) is 0 Å². The molecule has 17 heavy (non-hydrogen) atoms. The summed E-state index contributed by atoms with van der Waals surface area (Å²) in [6.45, 7) is 7.73. The van der Waals surface area contributed by atoms with Crippen molar-refractivity contribution in [1.82, 2.24) is 0 Å². The first-order valence-corrected chi connectivity index (χ1v) is 6.31. The molecule has 0 amide bonds. The van der Waals surface area contributed by atoms with Gasteiger partial charge in [0.15, 0.2) is 5.41 Å². The third-order valence-corrected chi connectivity index (χ3v) is 2.79. The van der Waals surface area contributed by atoms with Crippen molar-refractivity contribution in [3.05, 3.63) is 0 Å². The summed E-state index contributed by atoms with van der Waals surface area (Å²) in [6.07, 6.45) is 2.28. The van der Waals surface area contributed by atoms with E-state index in [2.05, 4.69) is 0 Å². The van der Waals surface area contributed by atoms with Crippen LogP contribution in [0.15, 0.2) is 0 Å². The fraction of sp³-hybridized carbons (Fsp3) is 0.846. The van der Waals surface area contributed by atoms with Gasteiger partial charge in [-0.3, -0.25) is 9.59 Å². The van der Waals surface area contributed by atoms with Gasteiger partial charge in [-0.1, -0.05) is 33.6 Å². The maximum atomic E-state index is 11.9. The van der Waals surface area contributed by atoms with E-state index in [1.807, 2.05) is 20.8 Å². The predicted molar refractivity (Wildman–Crippen MR) is 65.7 cm³/mol. The van der Waals surface area contributed by atoms with E-state index in [1.165, 1.54) is 0 Å². The van der Waals surface area contributed by atoms with Crippen molar-refractivity contribution in [2.24, 2.45) is 11.3 Å². The molecule has 0 saturated heterocycles. The second kappa shape index (κ2) is 7.30. The fourth-order valence-electron chi connectivity index (χ4n) is 2.01. The van der Waals surface area contributed by atoms with Gasteiger partial charge in [0.05, 0.1) is 6.61 Å². The minimum absolute atomic E-state index is 0.146. The van der Waals surface area contributed by atoms with Gasteiger partial charge in [0.25, 0.3) is 0 Å². The van der Waals surface area contributed by atoms with Gasteiger partial charge < -0.3 is 9.84 Å². The van der Waals surface area contributed by atoms with Crippen molar-refractivity contribution in [3.8, 4) is 0 Å². The molecule has 1 N–H and O–H groups in total. The maximum Gasteiger partial charge on any atom is 0.323 e. The first-order chi connectivity index (χ1) is 7.90. The van der Waals surface area contributed by atoms with Crippen LogP contribution < -0.4 is 0 Å². The molecule has 0 rings (SSSR count).